The molecule has 5 rings (SSSR count). The van der Waals surface area contributed by atoms with E-state index in [1.165, 1.54) is 10.3 Å². The van der Waals surface area contributed by atoms with Crippen molar-refractivity contribution in [3.05, 3.63) is 94.2 Å². The molecule has 0 radical (unpaired) electrons. The summed E-state index contributed by atoms with van der Waals surface area (Å²) in [6, 6.07) is 23.1. The second-order valence-electron chi connectivity index (χ2n) is 8.91. The topological polar surface area (TPSA) is 35.5 Å². The molecule has 1 heterocycles. The van der Waals surface area contributed by atoms with E-state index in [0.717, 1.165) is 53.5 Å². The van der Waals surface area contributed by atoms with Crippen LogP contribution in [-0.2, 0) is 15.1 Å². The summed E-state index contributed by atoms with van der Waals surface area (Å²) in [5, 5.41) is 6.75. The van der Waals surface area contributed by atoms with Crippen LogP contribution < -0.4 is 4.74 Å². The molecule has 0 spiro atoms. The molecule has 4 heteroatoms. The zero-order chi connectivity index (χ0) is 22.8. The predicted molar refractivity (Wildman–Crippen MR) is 135 cm³/mol. The minimum absolute atomic E-state index is 0.0176. The highest BCUT2D eigenvalue weighted by atomic mass is 32.2. The van der Waals surface area contributed by atoms with Crippen LogP contribution in [0.1, 0.15) is 42.4 Å². The molecular formula is C29H29O3S+. The van der Waals surface area contributed by atoms with Gasteiger partial charge in [0.15, 0.2) is 11.5 Å². The number of hydrogen-bond donors (Lipinski definition) is 0. The number of carbonyl (C=O) groups is 1. The zero-order valence-corrected chi connectivity index (χ0v) is 20.0. The van der Waals surface area contributed by atoms with Gasteiger partial charge in [-0.2, -0.15) is 0 Å². The predicted octanol–water partition coefficient (Wildman–Crippen LogP) is 7.59. The highest BCUT2D eigenvalue weighted by molar-refractivity contribution is 7.36. The SMILES string of the molecule is Cc1cc(-[s+]2cccc2)cc(C)c1OCC(=O)OC1(c2cccc3ccccc23)CCCC1. The Bertz CT molecular complexity index is 1260. The smallest absolute Gasteiger partial charge is 0.345 e. The number of esters is 1. The van der Waals surface area contributed by atoms with Crippen molar-refractivity contribution < 1.29 is 14.3 Å². The van der Waals surface area contributed by atoms with Crippen LogP contribution in [0.15, 0.2) is 77.5 Å². The van der Waals surface area contributed by atoms with E-state index in [4.69, 9.17) is 9.47 Å². The first-order chi connectivity index (χ1) is 16.1. The fourth-order valence-corrected chi connectivity index (χ4v) is 6.66. The van der Waals surface area contributed by atoms with Gasteiger partial charge < -0.3 is 9.47 Å². The van der Waals surface area contributed by atoms with Gasteiger partial charge in [-0.25, -0.2) is 4.79 Å². The van der Waals surface area contributed by atoms with Crippen LogP contribution in [0.2, 0.25) is 0 Å². The quantitative estimate of drug-likeness (QED) is 0.221. The molecule has 0 amide bonds. The van der Waals surface area contributed by atoms with Crippen molar-refractivity contribution in [2.45, 2.75) is 45.1 Å². The number of hydrogen-bond acceptors (Lipinski definition) is 3. The zero-order valence-electron chi connectivity index (χ0n) is 19.2. The van der Waals surface area contributed by atoms with Crippen LogP contribution in [0.5, 0.6) is 5.75 Å². The summed E-state index contributed by atoms with van der Waals surface area (Å²) in [5.74, 6) is 0.466. The monoisotopic (exact) mass is 457 g/mol. The van der Waals surface area contributed by atoms with Crippen LogP contribution in [0.25, 0.3) is 15.7 Å². The standard InChI is InChI=1S/C29H29O3S/c1-21-18-24(33-16-7-8-17-33)19-22(2)28(21)31-20-27(30)32-29(14-5-6-15-29)26-13-9-11-23-10-3-4-12-25(23)26/h3-4,7-13,16-19H,5-6,14-15,20H2,1-2H3/q+1. The summed E-state index contributed by atoms with van der Waals surface area (Å²) < 4.78 is 12.2. The van der Waals surface area contributed by atoms with Gasteiger partial charge in [0.05, 0.1) is 0 Å². The molecule has 168 valence electrons. The molecule has 0 aliphatic heterocycles. The van der Waals surface area contributed by atoms with Gasteiger partial charge >= 0.3 is 5.97 Å². The summed E-state index contributed by atoms with van der Waals surface area (Å²) in [4.78, 5) is 14.3. The Hall–Kier alpha value is -3.11. The van der Waals surface area contributed by atoms with E-state index in [0.29, 0.717) is 0 Å². The second-order valence-corrected chi connectivity index (χ2v) is 10.7. The lowest BCUT2D eigenvalue weighted by molar-refractivity contribution is -0.163. The van der Waals surface area contributed by atoms with E-state index in [9.17, 15) is 4.79 Å². The van der Waals surface area contributed by atoms with Crippen molar-refractivity contribution in [1.29, 1.82) is 0 Å². The third-order valence-electron chi connectivity index (χ3n) is 6.60. The van der Waals surface area contributed by atoms with Gasteiger partial charge in [-0.05, 0) is 73.6 Å². The van der Waals surface area contributed by atoms with Crippen LogP contribution in [0.3, 0.4) is 0 Å². The molecule has 0 saturated heterocycles. The van der Waals surface area contributed by atoms with Gasteiger partial charge in [-0.1, -0.05) is 42.5 Å². The average molecular weight is 458 g/mol. The largest absolute Gasteiger partial charge is 0.481 e. The van der Waals surface area contributed by atoms with Gasteiger partial charge in [-0.15, -0.1) is 0 Å². The minimum Gasteiger partial charge on any atom is -0.481 e. The van der Waals surface area contributed by atoms with Gasteiger partial charge in [0, 0.05) is 28.2 Å². The Morgan fingerprint density at radius 2 is 1.58 bits per heavy atom. The molecule has 4 aromatic rings. The molecule has 0 bridgehead atoms. The summed E-state index contributed by atoms with van der Waals surface area (Å²) in [5.41, 5.74) is 2.63. The third kappa shape index (κ3) is 4.28. The lowest BCUT2D eigenvalue weighted by Crippen LogP contribution is -2.32. The first-order valence-corrected chi connectivity index (χ1v) is 12.9. The average Bonchev–Trinajstić information content (AvgIpc) is 3.51. The van der Waals surface area contributed by atoms with Crippen molar-refractivity contribution in [3.8, 4) is 10.6 Å². The van der Waals surface area contributed by atoms with E-state index < -0.39 is 5.60 Å². The molecule has 3 aromatic carbocycles. The molecule has 0 N–H and O–H groups in total. The Kier molecular flexibility index (Phi) is 5.94. The first kappa shape index (κ1) is 21.7. The van der Waals surface area contributed by atoms with E-state index >= 15 is 0 Å². The van der Waals surface area contributed by atoms with Crippen molar-refractivity contribution in [2.24, 2.45) is 0 Å². The fraction of sp³-hybridized carbons (Fsp3) is 0.276. The number of aryl methyl sites for hydroxylation is 2. The van der Waals surface area contributed by atoms with Crippen molar-refractivity contribution in [2.75, 3.05) is 6.61 Å². The Labute approximate surface area is 198 Å². The van der Waals surface area contributed by atoms with Crippen LogP contribution in [0.4, 0.5) is 0 Å². The molecule has 1 aliphatic carbocycles. The number of thiophene rings is 1. The lowest BCUT2D eigenvalue weighted by Gasteiger charge is -2.31. The number of benzene rings is 3. The van der Waals surface area contributed by atoms with E-state index in [2.05, 4.69) is 65.4 Å². The third-order valence-corrected chi connectivity index (χ3v) is 8.28. The van der Waals surface area contributed by atoms with Gasteiger partial charge in [0.1, 0.15) is 22.1 Å². The Balaban J connectivity index is 1.35. The molecule has 1 aromatic heterocycles. The Morgan fingerprint density at radius 1 is 0.909 bits per heavy atom. The molecule has 0 unspecified atom stereocenters. The molecule has 3 nitrogen and oxygen atoms in total. The first-order valence-electron chi connectivity index (χ1n) is 11.6. The molecule has 0 atom stereocenters. The number of rotatable bonds is 6. The van der Waals surface area contributed by atoms with Crippen LogP contribution >= 0.6 is 10.5 Å². The maximum absolute atomic E-state index is 13.0. The maximum Gasteiger partial charge on any atom is 0.345 e. The summed E-state index contributed by atoms with van der Waals surface area (Å²) in [6.45, 7) is 4.00. The second kappa shape index (κ2) is 9.03. The van der Waals surface area contributed by atoms with Crippen LogP contribution in [0, 0.1) is 13.8 Å². The normalized spacial score (nSPS) is 15.0. The summed E-state index contributed by atoms with van der Waals surface area (Å²) in [7, 11) is 0.0176. The van der Waals surface area contributed by atoms with Gasteiger partial charge in [-0.3, -0.25) is 0 Å². The highest BCUT2D eigenvalue weighted by Gasteiger charge is 2.40. The minimum atomic E-state index is -0.572. The lowest BCUT2D eigenvalue weighted by atomic mass is 9.87. The van der Waals surface area contributed by atoms with Crippen molar-refractivity contribution in [1.82, 2.24) is 0 Å². The van der Waals surface area contributed by atoms with Crippen molar-refractivity contribution in [3.63, 3.8) is 0 Å². The summed E-state index contributed by atoms with van der Waals surface area (Å²) >= 11 is 0. The number of fused-ring (bicyclic) bond motifs is 1. The maximum atomic E-state index is 13.0. The number of ether oxygens (including phenoxy) is 2. The van der Waals surface area contributed by atoms with Gasteiger partial charge in [0.25, 0.3) is 0 Å². The molecule has 1 fully saturated rings. The molecular weight excluding hydrogens is 428 g/mol. The fourth-order valence-electron chi connectivity index (χ4n) is 5.11. The molecule has 1 aliphatic rings. The van der Waals surface area contributed by atoms with Crippen molar-refractivity contribution >= 4 is 27.2 Å². The van der Waals surface area contributed by atoms with Crippen LogP contribution in [-0.4, -0.2) is 12.6 Å². The van der Waals surface area contributed by atoms with E-state index in [-0.39, 0.29) is 23.0 Å². The van der Waals surface area contributed by atoms with Gasteiger partial charge in [0.2, 0.25) is 0 Å². The highest BCUT2D eigenvalue weighted by Crippen LogP contribution is 2.45. The van der Waals surface area contributed by atoms with E-state index in [1.54, 1.807) is 0 Å². The van der Waals surface area contributed by atoms with E-state index in [1.807, 2.05) is 26.0 Å². The molecule has 1 saturated carbocycles. The summed E-state index contributed by atoms with van der Waals surface area (Å²) in [6.07, 6.45) is 3.81. The molecule has 33 heavy (non-hydrogen) atoms. The Morgan fingerprint density at radius 3 is 2.30 bits per heavy atom. The number of carbonyl (C=O) groups excluding carboxylic acids is 1.